The molecule has 0 aliphatic carbocycles. The monoisotopic (exact) mass is 423 g/mol. The number of hydrogen-bond acceptors (Lipinski definition) is 5. The fourth-order valence-electron chi connectivity index (χ4n) is 3.76. The van der Waals surface area contributed by atoms with Crippen LogP contribution in [-0.4, -0.2) is 51.9 Å². The molecule has 0 radical (unpaired) electrons. The molecule has 29 heavy (non-hydrogen) atoms. The maximum absolute atomic E-state index is 13.3. The Morgan fingerprint density at radius 3 is 2.45 bits per heavy atom. The molecule has 1 saturated heterocycles. The highest BCUT2D eigenvalue weighted by molar-refractivity contribution is 7.92. The van der Waals surface area contributed by atoms with Gasteiger partial charge >= 0.3 is 6.03 Å². The van der Waals surface area contributed by atoms with Gasteiger partial charge in [0.2, 0.25) is 15.8 Å². The Kier molecular flexibility index (Phi) is 5.66. The van der Waals surface area contributed by atoms with E-state index in [4.69, 9.17) is 0 Å². The van der Waals surface area contributed by atoms with E-state index in [1.807, 2.05) is 0 Å². The summed E-state index contributed by atoms with van der Waals surface area (Å²) in [4.78, 5) is 17.6. The second kappa shape index (κ2) is 7.74. The molecule has 0 saturated carbocycles. The summed E-state index contributed by atoms with van der Waals surface area (Å²) < 4.78 is 39.9. The largest absolute Gasteiger partial charge is 0.325 e. The van der Waals surface area contributed by atoms with Gasteiger partial charge in [0.25, 0.3) is 0 Å². The summed E-state index contributed by atoms with van der Waals surface area (Å²) in [6, 6.07) is 3.91. The van der Waals surface area contributed by atoms with Gasteiger partial charge in [-0.1, -0.05) is 0 Å². The molecule has 3 heterocycles. The maximum Gasteiger partial charge on any atom is 0.321 e. The number of aromatic nitrogens is 3. The van der Waals surface area contributed by atoms with Crippen molar-refractivity contribution in [3.05, 3.63) is 36.0 Å². The number of carbonyl (C=O) groups excluding carboxylic acids is 1. The minimum absolute atomic E-state index is 0.0979. The molecule has 0 atom stereocenters. The molecule has 0 unspecified atom stereocenters. The second-order valence-corrected chi connectivity index (χ2v) is 10.4. The average molecular weight is 424 g/mol. The van der Waals surface area contributed by atoms with Crippen LogP contribution >= 0.6 is 0 Å². The van der Waals surface area contributed by atoms with Gasteiger partial charge in [0.05, 0.1) is 22.3 Å². The van der Waals surface area contributed by atoms with E-state index < -0.39 is 20.5 Å². The van der Waals surface area contributed by atoms with Gasteiger partial charge < -0.3 is 10.2 Å². The number of carbonyl (C=O) groups is 1. The van der Waals surface area contributed by atoms with Gasteiger partial charge in [-0.25, -0.2) is 18.2 Å². The van der Waals surface area contributed by atoms with Crippen LogP contribution in [0.2, 0.25) is 0 Å². The Morgan fingerprint density at radius 2 is 1.93 bits per heavy atom. The number of sulfone groups is 1. The number of rotatable bonds is 4. The van der Waals surface area contributed by atoms with Gasteiger partial charge in [0.1, 0.15) is 0 Å². The van der Waals surface area contributed by atoms with E-state index in [2.05, 4.69) is 15.4 Å². The van der Waals surface area contributed by atoms with Crippen molar-refractivity contribution in [1.29, 1.82) is 0 Å². The molecule has 1 aliphatic heterocycles. The van der Waals surface area contributed by atoms with Gasteiger partial charge in [-0.15, -0.1) is 0 Å². The van der Waals surface area contributed by atoms with Crippen molar-refractivity contribution in [2.24, 2.45) is 13.0 Å². The summed E-state index contributed by atoms with van der Waals surface area (Å²) in [6.07, 6.45) is 2.39. The van der Waals surface area contributed by atoms with E-state index in [-0.39, 0.29) is 17.0 Å². The first-order valence-electron chi connectivity index (χ1n) is 9.45. The normalized spacial score (nSPS) is 16.1. The SMILES string of the molecule is Cc1cc(S(=O)(=O)C(C)(C)C2CCN(C(=O)Nc3ccc(F)nc3)CC2)n(C)n1. The molecule has 0 spiro atoms. The Labute approximate surface area is 170 Å². The summed E-state index contributed by atoms with van der Waals surface area (Å²) in [5, 5.41) is 7.06. The van der Waals surface area contributed by atoms with Crippen LogP contribution in [0, 0.1) is 18.8 Å². The van der Waals surface area contributed by atoms with E-state index in [1.54, 1.807) is 38.8 Å². The quantitative estimate of drug-likeness (QED) is 0.763. The lowest BCUT2D eigenvalue weighted by molar-refractivity contribution is 0.171. The molecular formula is C19H26FN5O3S. The van der Waals surface area contributed by atoms with Gasteiger partial charge in [0, 0.05) is 20.1 Å². The first-order chi connectivity index (χ1) is 13.5. The first kappa shape index (κ1) is 21.2. The van der Waals surface area contributed by atoms with Crippen LogP contribution in [0.25, 0.3) is 0 Å². The topological polar surface area (TPSA) is 97.2 Å². The van der Waals surface area contributed by atoms with E-state index in [1.165, 1.54) is 23.0 Å². The van der Waals surface area contributed by atoms with Gasteiger partial charge in [0.15, 0.2) is 5.03 Å². The number of likely N-dealkylation sites (tertiary alicyclic amines) is 1. The number of piperidine rings is 1. The van der Waals surface area contributed by atoms with E-state index in [0.29, 0.717) is 37.3 Å². The first-order valence-corrected chi connectivity index (χ1v) is 10.9. The molecule has 0 bridgehead atoms. The zero-order valence-electron chi connectivity index (χ0n) is 17.0. The Hall–Kier alpha value is -2.49. The number of halogens is 1. The third-order valence-electron chi connectivity index (χ3n) is 5.67. The Bertz CT molecular complexity index is 993. The van der Waals surface area contributed by atoms with Crippen LogP contribution in [0.1, 0.15) is 32.4 Å². The Morgan fingerprint density at radius 1 is 1.28 bits per heavy atom. The second-order valence-electron chi connectivity index (χ2n) is 7.92. The Balaban J connectivity index is 1.66. The third-order valence-corrected chi connectivity index (χ3v) is 8.32. The summed E-state index contributed by atoms with van der Waals surface area (Å²) in [5.41, 5.74) is 1.07. The van der Waals surface area contributed by atoms with Crippen LogP contribution in [0.4, 0.5) is 14.9 Å². The summed E-state index contributed by atoms with van der Waals surface area (Å²) in [7, 11) is -1.97. The number of nitrogens with one attached hydrogen (secondary N) is 1. The molecule has 8 nitrogen and oxygen atoms in total. The molecule has 1 fully saturated rings. The number of anilines is 1. The van der Waals surface area contributed by atoms with Crippen LogP contribution < -0.4 is 5.32 Å². The fourth-order valence-corrected chi connectivity index (χ4v) is 5.69. The minimum Gasteiger partial charge on any atom is -0.325 e. The van der Waals surface area contributed by atoms with E-state index in [0.717, 1.165) is 0 Å². The van der Waals surface area contributed by atoms with Crippen LogP contribution in [0.3, 0.4) is 0 Å². The van der Waals surface area contributed by atoms with Crippen LogP contribution in [0.5, 0.6) is 0 Å². The number of amides is 2. The lowest BCUT2D eigenvalue weighted by Crippen LogP contribution is -2.48. The maximum atomic E-state index is 13.3. The summed E-state index contributed by atoms with van der Waals surface area (Å²) in [5.74, 6) is -0.713. The minimum atomic E-state index is -3.60. The molecule has 2 aromatic heterocycles. The highest BCUT2D eigenvalue weighted by atomic mass is 32.2. The smallest absolute Gasteiger partial charge is 0.321 e. The molecule has 0 aromatic carbocycles. The molecule has 3 rings (SSSR count). The van der Waals surface area contributed by atoms with Gasteiger partial charge in [-0.2, -0.15) is 9.49 Å². The highest BCUT2D eigenvalue weighted by Gasteiger charge is 2.45. The van der Waals surface area contributed by atoms with Crippen LogP contribution in [0.15, 0.2) is 29.4 Å². The van der Waals surface area contributed by atoms with Crippen molar-refractivity contribution in [2.75, 3.05) is 18.4 Å². The number of hydrogen-bond donors (Lipinski definition) is 1. The fraction of sp³-hybridized carbons (Fsp3) is 0.526. The molecule has 158 valence electrons. The predicted molar refractivity (Wildman–Crippen MR) is 107 cm³/mol. The lowest BCUT2D eigenvalue weighted by atomic mass is 9.86. The third kappa shape index (κ3) is 4.12. The van der Waals surface area contributed by atoms with Crippen molar-refractivity contribution in [2.45, 2.75) is 43.4 Å². The van der Waals surface area contributed by atoms with Crippen molar-refractivity contribution in [3.8, 4) is 0 Å². The highest BCUT2D eigenvalue weighted by Crippen LogP contribution is 2.38. The molecule has 1 N–H and O–H groups in total. The molecule has 2 aromatic rings. The molecule has 1 aliphatic rings. The standard InChI is InChI=1S/C19H26FN5O3S/c1-13-11-17(24(4)23-13)29(27,28)19(2,3)14-7-9-25(10-8-14)18(26)22-15-5-6-16(20)21-12-15/h5-6,11-12,14H,7-10H2,1-4H3,(H,22,26). The van der Waals surface area contributed by atoms with Gasteiger partial charge in [-0.05, 0) is 57.7 Å². The molecule has 10 heteroatoms. The number of nitrogens with zero attached hydrogens (tertiary/aromatic N) is 4. The number of pyridine rings is 1. The summed E-state index contributed by atoms with van der Waals surface area (Å²) >= 11 is 0. The zero-order valence-corrected chi connectivity index (χ0v) is 17.8. The van der Waals surface area contributed by atoms with Crippen molar-refractivity contribution in [1.82, 2.24) is 19.7 Å². The molecular weight excluding hydrogens is 397 g/mol. The van der Waals surface area contributed by atoms with Crippen molar-refractivity contribution < 1.29 is 17.6 Å². The zero-order chi connectivity index (χ0) is 21.4. The van der Waals surface area contributed by atoms with Crippen molar-refractivity contribution in [3.63, 3.8) is 0 Å². The van der Waals surface area contributed by atoms with Crippen LogP contribution in [-0.2, 0) is 16.9 Å². The summed E-state index contributed by atoms with van der Waals surface area (Å²) in [6.45, 7) is 6.13. The lowest BCUT2D eigenvalue weighted by Gasteiger charge is -2.40. The van der Waals surface area contributed by atoms with E-state index >= 15 is 0 Å². The molecule has 2 amide bonds. The van der Waals surface area contributed by atoms with E-state index in [9.17, 15) is 17.6 Å². The number of urea groups is 1. The van der Waals surface area contributed by atoms with Gasteiger partial charge in [-0.3, -0.25) is 4.68 Å². The predicted octanol–water partition coefficient (Wildman–Crippen LogP) is 2.76. The number of aryl methyl sites for hydroxylation is 2. The average Bonchev–Trinajstić information content (AvgIpc) is 3.02. The van der Waals surface area contributed by atoms with Crippen molar-refractivity contribution >= 4 is 21.6 Å².